The number of nitrogens with zero attached hydrogens (tertiary/aromatic N) is 3. The van der Waals surface area contributed by atoms with Gasteiger partial charge in [0.1, 0.15) is 5.01 Å². The highest BCUT2D eigenvalue weighted by atomic mass is 32.2. The number of rotatable bonds is 5. The van der Waals surface area contributed by atoms with Crippen molar-refractivity contribution in [2.24, 2.45) is 4.99 Å². The first-order chi connectivity index (χ1) is 10.1. The number of thioether (sulfide) groups is 1. The van der Waals surface area contributed by atoms with Crippen molar-refractivity contribution in [1.82, 2.24) is 20.5 Å². The Bertz CT molecular complexity index is 477. The first-order valence-electron chi connectivity index (χ1n) is 7.16. The Balaban J connectivity index is 1.85. The number of hydrogen-bond acceptors (Lipinski definition) is 5. The first-order valence-corrected chi connectivity index (χ1v) is 9.20. The van der Waals surface area contributed by atoms with E-state index in [0.29, 0.717) is 0 Å². The van der Waals surface area contributed by atoms with Gasteiger partial charge in [0.25, 0.3) is 0 Å². The largest absolute Gasteiger partial charge is 0.355 e. The van der Waals surface area contributed by atoms with Gasteiger partial charge in [-0.15, -0.1) is 11.3 Å². The van der Waals surface area contributed by atoms with Crippen molar-refractivity contribution < 1.29 is 0 Å². The second-order valence-electron chi connectivity index (χ2n) is 5.58. The van der Waals surface area contributed by atoms with Crippen molar-refractivity contribution in [3.8, 4) is 0 Å². The average Bonchev–Trinajstić information content (AvgIpc) is 3.09. The van der Waals surface area contributed by atoms with Crippen LogP contribution in [-0.2, 0) is 6.54 Å². The summed E-state index contributed by atoms with van der Waals surface area (Å²) in [7, 11) is 6.15. The van der Waals surface area contributed by atoms with Crippen molar-refractivity contribution in [2.45, 2.75) is 25.4 Å². The van der Waals surface area contributed by atoms with Gasteiger partial charge in [0.15, 0.2) is 5.96 Å². The molecule has 2 rings (SSSR count). The van der Waals surface area contributed by atoms with Gasteiger partial charge in [0.2, 0.25) is 0 Å². The fourth-order valence-corrected chi connectivity index (χ4v) is 4.62. The number of nitrogens with one attached hydrogen (secondary N) is 2. The van der Waals surface area contributed by atoms with Gasteiger partial charge >= 0.3 is 0 Å². The highest BCUT2D eigenvalue weighted by Gasteiger charge is 2.36. The van der Waals surface area contributed by atoms with Crippen LogP contribution < -0.4 is 10.6 Å². The standard InChI is InChI=1S/C14H25N5S2/c1-11-8-21-12(18-11)7-16-13(15-2)17-9-14(19(3)4)5-6-20-10-14/h8H,5-7,9-10H2,1-4H3,(H2,15,16,17). The van der Waals surface area contributed by atoms with E-state index in [0.717, 1.165) is 29.8 Å². The Kier molecular flexibility index (Phi) is 5.89. The fourth-order valence-electron chi connectivity index (χ4n) is 2.36. The van der Waals surface area contributed by atoms with E-state index in [2.05, 4.69) is 45.0 Å². The van der Waals surface area contributed by atoms with E-state index in [9.17, 15) is 0 Å². The van der Waals surface area contributed by atoms with Crippen LogP contribution in [0.1, 0.15) is 17.1 Å². The van der Waals surface area contributed by atoms with E-state index < -0.39 is 0 Å². The molecule has 1 aromatic heterocycles. The molecule has 0 aromatic carbocycles. The second kappa shape index (κ2) is 7.47. The highest BCUT2D eigenvalue weighted by molar-refractivity contribution is 7.99. The SMILES string of the molecule is CN=C(NCc1nc(C)cs1)NCC1(N(C)C)CCSC1. The van der Waals surface area contributed by atoms with Crippen LogP contribution in [0.25, 0.3) is 0 Å². The minimum atomic E-state index is 0.236. The lowest BCUT2D eigenvalue weighted by atomic mass is 9.97. The second-order valence-corrected chi connectivity index (χ2v) is 7.63. The summed E-state index contributed by atoms with van der Waals surface area (Å²) in [6, 6.07) is 0. The molecule has 1 saturated heterocycles. The van der Waals surface area contributed by atoms with Crippen molar-refractivity contribution >= 4 is 29.1 Å². The zero-order valence-corrected chi connectivity index (χ0v) is 14.9. The lowest BCUT2D eigenvalue weighted by Crippen LogP contribution is -2.54. The predicted octanol–water partition coefficient (Wildman–Crippen LogP) is 1.55. The first kappa shape index (κ1) is 16.6. The molecule has 5 nitrogen and oxygen atoms in total. The quantitative estimate of drug-likeness (QED) is 0.635. The molecule has 1 aliphatic rings. The molecule has 2 N–H and O–H groups in total. The minimum Gasteiger partial charge on any atom is -0.355 e. The summed E-state index contributed by atoms with van der Waals surface area (Å²) in [4.78, 5) is 11.1. The number of thiazole rings is 1. The molecule has 0 radical (unpaired) electrons. The van der Waals surface area contributed by atoms with Crippen LogP contribution in [0, 0.1) is 6.92 Å². The van der Waals surface area contributed by atoms with Gasteiger partial charge in [0, 0.05) is 36.0 Å². The van der Waals surface area contributed by atoms with E-state index in [1.54, 1.807) is 11.3 Å². The number of hydrogen-bond donors (Lipinski definition) is 2. The van der Waals surface area contributed by atoms with Crippen molar-refractivity contribution in [3.05, 3.63) is 16.1 Å². The van der Waals surface area contributed by atoms with E-state index in [1.807, 2.05) is 25.7 Å². The Morgan fingerprint density at radius 2 is 2.29 bits per heavy atom. The Hall–Kier alpha value is -0.790. The normalized spacial score (nSPS) is 22.8. The van der Waals surface area contributed by atoms with Crippen LogP contribution in [0.4, 0.5) is 0 Å². The van der Waals surface area contributed by atoms with E-state index in [-0.39, 0.29) is 5.54 Å². The van der Waals surface area contributed by atoms with Gasteiger partial charge < -0.3 is 15.5 Å². The average molecular weight is 328 g/mol. The summed E-state index contributed by atoms with van der Waals surface area (Å²) in [5, 5.41) is 9.98. The molecule has 0 saturated carbocycles. The summed E-state index contributed by atoms with van der Waals surface area (Å²) in [5.74, 6) is 3.26. The van der Waals surface area contributed by atoms with Crippen molar-refractivity contribution in [2.75, 3.05) is 39.2 Å². The molecule has 1 aromatic rings. The predicted molar refractivity (Wildman–Crippen MR) is 93.4 cm³/mol. The summed E-state index contributed by atoms with van der Waals surface area (Å²) >= 11 is 3.71. The van der Waals surface area contributed by atoms with E-state index >= 15 is 0 Å². The molecule has 2 heterocycles. The number of guanidine groups is 1. The molecule has 0 bridgehead atoms. The van der Waals surface area contributed by atoms with Gasteiger partial charge in [-0.05, 0) is 33.2 Å². The molecule has 0 amide bonds. The van der Waals surface area contributed by atoms with Gasteiger partial charge in [-0.2, -0.15) is 11.8 Å². The molecule has 0 spiro atoms. The topological polar surface area (TPSA) is 52.6 Å². The molecule has 0 aliphatic carbocycles. The fraction of sp³-hybridized carbons (Fsp3) is 0.714. The third-order valence-corrected chi connectivity index (χ3v) is 6.11. The molecule has 118 valence electrons. The lowest BCUT2D eigenvalue weighted by Gasteiger charge is -2.36. The summed E-state index contributed by atoms with van der Waals surface area (Å²) in [6.45, 7) is 3.66. The van der Waals surface area contributed by atoms with Gasteiger partial charge in [-0.25, -0.2) is 4.98 Å². The van der Waals surface area contributed by atoms with E-state index in [4.69, 9.17) is 0 Å². The van der Waals surface area contributed by atoms with Crippen LogP contribution in [-0.4, -0.2) is 60.6 Å². The molecule has 1 atom stereocenters. The number of aryl methyl sites for hydroxylation is 1. The molecule has 7 heteroatoms. The maximum absolute atomic E-state index is 4.46. The maximum atomic E-state index is 4.46. The van der Waals surface area contributed by atoms with Gasteiger partial charge in [-0.1, -0.05) is 0 Å². The number of aliphatic imine (C=N–C) groups is 1. The lowest BCUT2D eigenvalue weighted by molar-refractivity contribution is 0.183. The van der Waals surface area contributed by atoms with Crippen LogP contribution in [0.5, 0.6) is 0 Å². The summed E-state index contributed by atoms with van der Waals surface area (Å²) in [6.07, 6.45) is 1.22. The Morgan fingerprint density at radius 1 is 1.48 bits per heavy atom. The summed E-state index contributed by atoms with van der Waals surface area (Å²) in [5.41, 5.74) is 1.31. The van der Waals surface area contributed by atoms with E-state index in [1.165, 1.54) is 17.9 Å². The van der Waals surface area contributed by atoms with Crippen LogP contribution >= 0.6 is 23.1 Å². The smallest absolute Gasteiger partial charge is 0.191 e. The van der Waals surface area contributed by atoms with Gasteiger partial charge in [0.05, 0.1) is 6.54 Å². The molecule has 1 unspecified atom stereocenters. The van der Waals surface area contributed by atoms with Crippen LogP contribution in [0.2, 0.25) is 0 Å². The van der Waals surface area contributed by atoms with Crippen LogP contribution in [0.3, 0.4) is 0 Å². The third kappa shape index (κ3) is 4.34. The Labute approximate surface area is 135 Å². The van der Waals surface area contributed by atoms with Gasteiger partial charge in [-0.3, -0.25) is 4.99 Å². The maximum Gasteiger partial charge on any atom is 0.191 e. The molecular formula is C14H25N5S2. The van der Waals surface area contributed by atoms with Crippen molar-refractivity contribution in [1.29, 1.82) is 0 Å². The minimum absolute atomic E-state index is 0.236. The van der Waals surface area contributed by atoms with Crippen molar-refractivity contribution in [3.63, 3.8) is 0 Å². The monoisotopic (exact) mass is 327 g/mol. The number of likely N-dealkylation sites (N-methyl/N-ethyl adjacent to an activating group) is 1. The molecular weight excluding hydrogens is 302 g/mol. The summed E-state index contributed by atoms with van der Waals surface area (Å²) < 4.78 is 0. The number of aromatic nitrogens is 1. The molecule has 1 aliphatic heterocycles. The molecule has 1 fully saturated rings. The molecule has 21 heavy (non-hydrogen) atoms. The Morgan fingerprint density at radius 3 is 2.81 bits per heavy atom. The third-order valence-electron chi connectivity index (χ3n) is 3.91. The zero-order chi connectivity index (χ0) is 15.3. The zero-order valence-electron chi connectivity index (χ0n) is 13.3. The highest BCUT2D eigenvalue weighted by Crippen LogP contribution is 2.31. The van der Waals surface area contributed by atoms with Crippen LogP contribution in [0.15, 0.2) is 10.4 Å².